The van der Waals surface area contributed by atoms with Gasteiger partial charge in [-0.1, -0.05) is 66.7 Å². The number of rotatable bonds is 3. The quantitative estimate of drug-likeness (QED) is 0.541. The van der Waals surface area contributed by atoms with Crippen molar-refractivity contribution in [3.05, 3.63) is 89.5 Å². The number of likely N-dealkylation sites (tertiary alicyclic amines) is 1. The molecule has 0 radical (unpaired) electrons. The van der Waals surface area contributed by atoms with Crippen molar-refractivity contribution >= 4 is 28.5 Å². The fourth-order valence-corrected chi connectivity index (χ4v) is 3.17. The average molecular weight is 327 g/mol. The van der Waals surface area contributed by atoms with Crippen molar-refractivity contribution in [2.24, 2.45) is 0 Å². The van der Waals surface area contributed by atoms with Gasteiger partial charge in [-0.3, -0.25) is 9.59 Å². The molecule has 0 atom stereocenters. The Morgan fingerprint density at radius 2 is 1.56 bits per heavy atom. The SMILES string of the molecule is O=C1C(=O)N(Cc2ccccc2)C/C1=C/c1ccc2ccccc2c1. The second-order valence-electron chi connectivity index (χ2n) is 6.25. The predicted octanol–water partition coefficient (Wildman–Crippen LogP) is 3.83. The lowest BCUT2D eigenvalue weighted by molar-refractivity contribution is -0.139. The van der Waals surface area contributed by atoms with Gasteiger partial charge in [-0.25, -0.2) is 0 Å². The Kier molecular flexibility index (Phi) is 3.90. The molecule has 0 aromatic heterocycles. The highest BCUT2D eigenvalue weighted by Gasteiger charge is 2.33. The lowest BCUT2D eigenvalue weighted by Crippen LogP contribution is -2.26. The Morgan fingerprint density at radius 1 is 0.840 bits per heavy atom. The predicted molar refractivity (Wildman–Crippen MR) is 98.8 cm³/mol. The Balaban J connectivity index is 1.60. The van der Waals surface area contributed by atoms with Gasteiger partial charge < -0.3 is 4.90 Å². The van der Waals surface area contributed by atoms with Crippen molar-refractivity contribution in [2.45, 2.75) is 6.54 Å². The van der Waals surface area contributed by atoms with Crippen molar-refractivity contribution in [1.82, 2.24) is 4.90 Å². The maximum absolute atomic E-state index is 12.3. The molecular weight excluding hydrogens is 310 g/mol. The van der Waals surface area contributed by atoms with E-state index in [0.29, 0.717) is 18.7 Å². The number of hydrogen-bond donors (Lipinski definition) is 0. The van der Waals surface area contributed by atoms with Crippen molar-refractivity contribution < 1.29 is 9.59 Å². The molecule has 1 aliphatic rings. The Labute approximate surface area is 146 Å². The van der Waals surface area contributed by atoms with Gasteiger partial charge in [0.25, 0.3) is 5.91 Å². The molecule has 1 heterocycles. The van der Waals surface area contributed by atoms with Gasteiger partial charge in [0.2, 0.25) is 5.78 Å². The molecule has 0 unspecified atom stereocenters. The van der Waals surface area contributed by atoms with Gasteiger partial charge in [-0.15, -0.1) is 0 Å². The van der Waals surface area contributed by atoms with Crippen LogP contribution in [0.25, 0.3) is 16.8 Å². The van der Waals surface area contributed by atoms with Gasteiger partial charge in [0.15, 0.2) is 0 Å². The summed E-state index contributed by atoms with van der Waals surface area (Å²) in [5.41, 5.74) is 2.52. The molecule has 0 aliphatic carbocycles. The van der Waals surface area contributed by atoms with E-state index in [9.17, 15) is 9.59 Å². The highest BCUT2D eigenvalue weighted by Crippen LogP contribution is 2.22. The van der Waals surface area contributed by atoms with Crippen molar-refractivity contribution in [2.75, 3.05) is 6.54 Å². The fraction of sp³-hybridized carbons (Fsp3) is 0.0909. The molecule has 3 nitrogen and oxygen atoms in total. The zero-order valence-electron chi connectivity index (χ0n) is 13.7. The summed E-state index contributed by atoms with van der Waals surface area (Å²) >= 11 is 0. The molecule has 3 aromatic rings. The normalized spacial score (nSPS) is 16.2. The summed E-state index contributed by atoms with van der Waals surface area (Å²) in [4.78, 5) is 26.2. The van der Waals surface area contributed by atoms with Crippen LogP contribution in [0.5, 0.6) is 0 Å². The van der Waals surface area contributed by atoms with E-state index in [1.165, 1.54) is 0 Å². The number of carbonyl (C=O) groups is 2. The molecule has 0 N–H and O–H groups in total. The monoisotopic (exact) mass is 327 g/mol. The third kappa shape index (κ3) is 3.09. The Bertz CT molecular complexity index is 989. The highest BCUT2D eigenvalue weighted by molar-refractivity contribution is 6.45. The van der Waals surface area contributed by atoms with Crippen LogP contribution in [0.2, 0.25) is 0 Å². The number of ketones is 1. The number of carbonyl (C=O) groups excluding carboxylic acids is 2. The summed E-state index contributed by atoms with van der Waals surface area (Å²) < 4.78 is 0. The van der Waals surface area contributed by atoms with Crippen LogP contribution < -0.4 is 0 Å². The van der Waals surface area contributed by atoms with E-state index < -0.39 is 11.7 Å². The minimum atomic E-state index is -0.420. The lowest BCUT2D eigenvalue weighted by Gasteiger charge is -2.13. The first kappa shape index (κ1) is 15.3. The molecule has 1 aliphatic heterocycles. The average Bonchev–Trinajstić information content (AvgIpc) is 2.90. The van der Waals surface area contributed by atoms with Crippen molar-refractivity contribution in [3.63, 3.8) is 0 Å². The van der Waals surface area contributed by atoms with E-state index >= 15 is 0 Å². The van der Waals surface area contributed by atoms with Gasteiger partial charge in [0.1, 0.15) is 0 Å². The Hall–Kier alpha value is -3.20. The van der Waals surface area contributed by atoms with Gasteiger partial charge in [0.05, 0.1) is 6.54 Å². The minimum Gasteiger partial charge on any atom is -0.327 e. The number of amides is 1. The first-order valence-electron chi connectivity index (χ1n) is 8.27. The van der Waals surface area contributed by atoms with Crippen LogP contribution >= 0.6 is 0 Å². The molecule has 1 saturated heterocycles. The van der Waals surface area contributed by atoms with Crippen LogP contribution in [0, 0.1) is 0 Å². The summed E-state index contributed by atoms with van der Waals surface area (Å²) in [6.45, 7) is 0.819. The standard InChI is InChI=1S/C22H17NO2/c24-21-20(13-17-10-11-18-8-4-5-9-19(18)12-17)15-23(22(21)25)14-16-6-2-1-3-7-16/h1-13H,14-15H2/b20-13-. The zero-order chi connectivity index (χ0) is 17.2. The maximum atomic E-state index is 12.3. The second-order valence-corrected chi connectivity index (χ2v) is 6.25. The van der Waals surface area contributed by atoms with E-state index in [1.54, 1.807) is 4.90 Å². The molecule has 0 spiro atoms. The number of hydrogen-bond acceptors (Lipinski definition) is 2. The summed E-state index contributed by atoms with van der Waals surface area (Å²) in [5, 5.41) is 2.28. The maximum Gasteiger partial charge on any atom is 0.295 e. The number of fused-ring (bicyclic) bond motifs is 1. The largest absolute Gasteiger partial charge is 0.327 e. The van der Waals surface area contributed by atoms with E-state index in [-0.39, 0.29) is 0 Å². The minimum absolute atomic E-state index is 0.361. The number of nitrogens with zero attached hydrogens (tertiary/aromatic N) is 1. The summed E-state index contributed by atoms with van der Waals surface area (Å²) in [7, 11) is 0. The molecule has 0 saturated carbocycles. The van der Waals surface area contributed by atoms with Crippen LogP contribution in [-0.4, -0.2) is 23.1 Å². The molecular formula is C22H17NO2. The number of benzene rings is 3. The van der Waals surface area contributed by atoms with E-state index in [2.05, 4.69) is 6.07 Å². The van der Waals surface area contributed by atoms with Crippen LogP contribution in [0.1, 0.15) is 11.1 Å². The summed E-state index contributed by atoms with van der Waals surface area (Å²) in [5.74, 6) is -0.819. The number of Topliss-reactive ketones (excluding diaryl/α,β-unsaturated/α-hetero) is 1. The highest BCUT2D eigenvalue weighted by atomic mass is 16.2. The fourth-order valence-electron chi connectivity index (χ4n) is 3.17. The molecule has 122 valence electrons. The first-order valence-corrected chi connectivity index (χ1v) is 8.27. The molecule has 1 fully saturated rings. The topological polar surface area (TPSA) is 37.4 Å². The van der Waals surface area contributed by atoms with Gasteiger partial charge in [0, 0.05) is 12.1 Å². The molecule has 0 bridgehead atoms. The molecule has 1 amide bonds. The summed E-state index contributed by atoms with van der Waals surface area (Å²) in [6, 6.07) is 23.9. The van der Waals surface area contributed by atoms with E-state index in [4.69, 9.17) is 0 Å². The van der Waals surface area contributed by atoms with Gasteiger partial charge >= 0.3 is 0 Å². The third-order valence-corrected chi connectivity index (χ3v) is 4.46. The van der Waals surface area contributed by atoms with Crippen molar-refractivity contribution in [1.29, 1.82) is 0 Å². The second kappa shape index (κ2) is 6.36. The van der Waals surface area contributed by atoms with Crippen LogP contribution in [0.15, 0.2) is 78.4 Å². The smallest absolute Gasteiger partial charge is 0.295 e. The Morgan fingerprint density at radius 3 is 2.36 bits per heavy atom. The van der Waals surface area contributed by atoms with Gasteiger partial charge in [-0.05, 0) is 34.0 Å². The summed E-state index contributed by atoms with van der Waals surface area (Å²) in [6.07, 6.45) is 1.83. The first-order chi connectivity index (χ1) is 12.2. The zero-order valence-corrected chi connectivity index (χ0v) is 13.7. The third-order valence-electron chi connectivity index (χ3n) is 4.46. The van der Waals surface area contributed by atoms with Crippen molar-refractivity contribution in [3.8, 4) is 0 Å². The van der Waals surface area contributed by atoms with Crippen LogP contribution in [0.3, 0.4) is 0 Å². The van der Waals surface area contributed by atoms with Crippen LogP contribution in [-0.2, 0) is 16.1 Å². The van der Waals surface area contributed by atoms with E-state index in [0.717, 1.165) is 21.9 Å². The molecule has 4 rings (SSSR count). The van der Waals surface area contributed by atoms with Gasteiger partial charge in [-0.2, -0.15) is 0 Å². The van der Waals surface area contributed by atoms with Crippen LogP contribution in [0.4, 0.5) is 0 Å². The molecule has 25 heavy (non-hydrogen) atoms. The lowest BCUT2D eigenvalue weighted by atomic mass is 10.0. The molecule has 3 heteroatoms. The molecule has 3 aromatic carbocycles. The van der Waals surface area contributed by atoms with E-state index in [1.807, 2.05) is 72.8 Å².